The van der Waals surface area contributed by atoms with Crippen LogP contribution in [0.3, 0.4) is 0 Å². The SMILES string of the molecule is O=C(O)C1(C2(O)COC2)CCC(F)(F)CC1. The molecule has 0 amide bonds. The molecule has 0 aromatic heterocycles. The van der Waals surface area contributed by atoms with Gasteiger partial charge >= 0.3 is 5.97 Å². The minimum atomic E-state index is -2.81. The molecule has 16 heavy (non-hydrogen) atoms. The Balaban J connectivity index is 2.22. The fraction of sp³-hybridized carbons (Fsp3) is 0.900. The van der Waals surface area contributed by atoms with Crippen LogP contribution in [0.2, 0.25) is 0 Å². The van der Waals surface area contributed by atoms with Crippen LogP contribution in [0.4, 0.5) is 8.78 Å². The molecule has 1 aliphatic carbocycles. The Hall–Kier alpha value is -0.750. The molecule has 0 bridgehead atoms. The molecule has 2 aliphatic rings. The smallest absolute Gasteiger partial charge is 0.312 e. The molecule has 92 valence electrons. The summed E-state index contributed by atoms with van der Waals surface area (Å²) in [5.41, 5.74) is -2.94. The van der Waals surface area contributed by atoms with Crippen LogP contribution in [0.15, 0.2) is 0 Å². The summed E-state index contributed by atoms with van der Waals surface area (Å²) in [5, 5.41) is 19.3. The summed E-state index contributed by atoms with van der Waals surface area (Å²) in [6.07, 6.45) is -1.37. The van der Waals surface area contributed by atoms with Crippen molar-refractivity contribution >= 4 is 5.97 Å². The number of rotatable bonds is 2. The van der Waals surface area contributed by atoms with E-state index in [1.165, 1.54) is 0 Å². The van der Waals surface area contributed by atoms with E-state index in [1.807, 2.05) is 0 Å². The zero-order valence-electron chi connectivity index (χ0n) is 8.71. The van der Waals surface area contributed by atoms with E-state index in [2.05, 4.69) is 0 Å². The second-order valence-electron chi connectivity index (χ2n) is 4.77. The standard InChI is InChI=1S/C10H14F2O4/c11-10(12)3-1-8(2-4-10,7(13)14)9(15)5-16-6-9/h15H,1-6H2,(H,13,14). The van der Waals surface area contributed by atoms with E-state index in [-0.39, 0.29) is 26.1 Å². The zero-order chi connectivity index (χ0) is 12.0. The molecule has 1 heterocycles. The van der Waals surface area contributed by atoms with Crippen molar-refractivity contribution in [2.24, 2.45) is 5.41 Å². The van der Waals surface area contributed by atoms with Crippen LogP contribution in [-0.4, -0.2) is 40.9 Å². The Morgan fingerprint density at radius 3 is 1.94 bits per heavy atom. The summed E-state index contributed by atoms with van der Waals surface area (Å²) in [4.78, 5) is 11.3. The van der Waals surface area contributed by atoms with Crippen LogP contribution in [0, 0.1) is 5.41 Å². The van der Waals surface area contributed by atoms with Gasteiger partial charge in [-0.3, -0.25) is 4.79 Å². The number of aliphatic carboxylic acids is 1. The molecular formula is C10H14F2O4. The number of halogens is 2. The maximum Gasteiger partial charge on any atom is 0.312 e. The molecule has 2 fully saturated rings. The number of alkyl halides is 2. The second kappa shape index (κ2) is 3.37. The first kappa shape index (κ1) is 11.7. The highest BCUT2D eigenvalue weighted by molar-refractivity contribution is 5.77. The van der Waals surface area contributed by atoms with E-state index < -0.39 is 35.7 Å². The molecule has 1 saturated carbocycles. The Kier molecular flexibility index (Phi) is 2.47. The summed E-state index contributed by atoms with van der Waals surface area (Å²) in [6.45, 7) is -0.157. The van der Waals surface area contributed by atoms with Gasteiger partial charge in [-0.2, -0.15) is 0 Å². The third-order valence-corrected chi connectivity index (χ3v) is 3.82. The third kappa shape index (κ3) is 1.51. The number of carboxylic acids is 1. The molecule has 0 atom stereocenters. The van der Waals surface area contributed by atoms with Gasteiger partial charge in [0.2, 0.25) is 5.92 Å². The van der Waals surface area contributed by atoms with Crippen LogP contribution >= 0.6 is 0 Å². The zero-order valence-corrected chi connectivity index (χ0v) is 8.71. The van der Waals surface area contributed by atoms with Gasteiger partial charge < -0.3 is 14.9 Å². The topological polar surface area (TPSA) is 66.8 Å². The fourth-order valence-corrected chi connectivity index (χ4v) is 2.49. The van der Waals surface area contributed by atoms with Crippen LogP contribution in [0.1, 0.15) is 25.7 Å². The molecule has 2 rings (SSSR count). The summed E-state index contributed by atoms with van der Waals surface area (Å²) in [6, 6.07) is 0. The van der Waals surface area contributed by atoms with E-state index in [1.54, 1.807) is 0 Å². The number of ether oxygens (including phenoxy) is 1. The van der Waals surface area contributed by atoms with Gasteiger partial charge in [-0.15, -0.1) is 0 Å². The van der Waals surface area contributed by atoms with Gasteiger partial charge in [0.15, 0.2) is 0 Å². The number of hydrogen-bond donors (Lipinski definition) is 2. The molecule has 0 aromatic rings. The molecule has 6 heteroatoms. The van der Waals surface area contributed by atoms with Gasteiger partial charge in [-0.1, -0.05) is 0 Å². The van der Waals surface area contributed by atoms with Crippen molar-refractivity contribution in [2.45, 2.75) is 37.2 Å². The Bertz CT molecular complexity index is 302. The lowest BCUT2D eigenvalue weighted by Gasteiger charge is -2.51. The summed E-state index contributed by atoms with van der Waals surface area (Å²) in [5.74, 6) is -4.01. The normalized spacial score (nSPS) is 30.4. The van der Waals surface area contributed by atoms with Gasteiger partial charge in [0.05, 0.1) is 13.2 Å². The van der Waals surface area contributed by atoms with Crippen molar-refractivity contribution in [2.75, 3.05) is 13.2 Å². The van der Waals surface area contributed by atoms with E-state index in [0.29, 0.717) is 0 Å². The Morgan fingerprint density at radius 1 is 1.12 bits per heavy atom. The van der Waals surface area contributed by atoms with Gasteiger partial charge in [0, 0.05) is 12.8 Å². The van der Waals surface area contributed by atoms with Crippen LogP contribution in [0.25, 0.3) is 0 Å². The monoisotopic (exact) mass is 236 g/mol. The van der Waals surface area contributed by atoms with E-state index in [9.17, 15) is 23.8 Å². The molecule has 0 unspecified atom stereocenters. The summed E-state index contributed by atoms with van der Waals surface area (Å²) < 4.78 is 30.8. The first-order chi connectivity index (χ1) is 7.31. The highest BCUT2D eigenvalue weighted by Crippen LogP contribution is 2.51. The lowest BCUT2D eigenvalue weighted by atomic mass is 9.61. The molecule has 0 radical (unpaired) electrons. The van der Waals surface area contributed by atoms with E-state index in [0.717, 1.165) is 0 Å². The van der Waals surface area contributed by atoms with Crippen LogP contribution in [-0.2, 0) is 9.53 Å². The fourth-order valence-electron chi connectivity index (χ4n) is 2.49. The Labute approximate surface area is 91.2 Å². The van der Waals surface area contributed by atoms with Crippen molar-refractivity contribution in [1.29, 1.82) is 0 Å². The van der Waals surface area contributed by atoms with Crippen molar-refractivity contribution < 1.29 is 28.5 Å². The second-order valence-corrected chi connectivity index (χ2v) is 4.77. The molecule has 1 aliphatic heterocycles. The van der Waals surface area contributed by atoms with Crippen molar-refractivity contribution in [3.05, 3.63) is 0 Å². The number of carboxylic acid groups (broad SMARTS) is 1. The number of aliphatic hydroxyl groups is 1. The number of hydrogen-bond acceptors (Lipinski definition) is 3. The van der Waals surface area contributed by atoms with Crippen molar-refractivity contribution in [1.82, 2.24) is 0 Å². The highest BCUT2D eigenvalue weighted by atomic mass is 19.3. The van der Waals surface area contributed by atoms with Gasteiger partial charge in [0.25, 0.3) is 0 Å². The van der Waals surface area contributed by atoms with Gasteiger partial charge in [-0.05, 0) is 12.8 Å². The maximum atomic E-state index is 13.0. The quantitative estimate of drug-likeness (QED) is 0.751. The summed E-state index contributed by atoms with van der Waals surface area (Å²) >= 11 is 0. The number of carbonyl (C=O) groups is 1. The van der Waals surface area contributed by atoms with E-state index >= 15 is 0 Å². The predicted octanol–water partition coefficient (Wildman–Crippen LogP) is 1.03. The van der Waals surface area contributed by atoms with Gasteiger partial charge in [-0.25, -0.2) is 8.78 Å². The highest BCUT2D eigenvalue weighted by Gasteiger charge is 2.62. The minimum Gasteiger partial charge on any atom is -0.481 e. The molecule has 1 saturated heterocycles. The van der Waals surface area contributed by atoms with Crippen LogP contribution in [0.5, 0.6) is 0 Å². The molecule has 0 spiro atoms. The lowest BCUT2D eigenvalue weighted by Crippen LogP contribution is -2.66. The third-order valence-electron chi connectivity index (χ3n) is 3.82. The molecule has 0 aromatic carbocycles. The molecule has 2 N–H and O–H groups in total. The average Bonchev–Trinajstić information content (AvgIpc) is 2.14. The molecular weight excluding hydrogens is 222 g/mol. The first-order valence-corrected chi connectivity index (χ1v) is 5.23. The largest absolute Gasteiger partial charge is 0.481 e. The van der Waals surface area contributed by atoms with Crippen molar-refractivity contribution in [3.63, 3.8) is 0 Å². The maximum absolute atomic E-state index is 13.0. The van der Waals surface area contributed by atoms with E-state index in [4.69, 9.17) is 4.74 Å². The summed E-state index contributed by atoms with van der Waals surface area (Å²) in [7, 11) is 0. The minimum absolute atomic E-state index is 0.0785. The van der Waals surface area contributed by atoms with Crippen LogP contribution < -0.4 is 0 Å². The molecule has 4 nitrogen and oxygen atoms in total. The first-order valence-electron chi connectivity index (χ1n) is 5.23. The Morgan fingerprint density at radius 2 is 1.62 bits per heavy atom. The van der Waals surface area contributed by atoms with Crippen molar-refractivity contribution in [3.8, 4) is 0 Å². The lowest BCUT2D eigenvalue weighted by molar-refractivity contribution is -0.259. The average molecular weight is 236 g/mol. The van der Waals surface area contributed by atoms with Gasteiger partial charge in [0.1, 0.15) is 11.0 Å². The predicted molar refractivity (Wildman–Crippen MR) is 49.3 cm³/mol.